The molecule has 10 heteroatoms. The van der Waals surface area contributed by atoms with E-state index in [1.807, 2.05) is 5.38 Å². The highest BCUT2D eigenvalue weighted by molar-refractivity contribution is 9.10. The third-order valence-corrected chi connectivity index (χ3v) is 4.45. The summed E-state index contributed by atoms with van der Waals surface area (Å²) in [4.78, 5) is 24.1. The molecule has 0 aliphatic carbocycles. The van der Waals surface area contributed by atoms with E-state index in [2.05, 4.69) is 26.4 Å². The maximum Gasteiger partial charge on any atom is 0.369 e. The van der Waals surface area contributed by atoms with Gasteiger partial charge < -0.3 is 4.74 Å². The summed E-state index contributed by atoms with van der Waals surface area (Å²) in [6, 6.07) is 8.26. The highest BCUT2D eigenvalue weighted by Gasteiger charge is 2.15. The molecule has 0 aliphatic rings. The van der Waals surface area contributed by atoms with Crippen molar-refractivity contribution in [3.8, 4) is 10.8 Å². The molecule has 1 aromatic carbocycles. The number of hydrogen-bond acceptors (Lipinski definition) is 6. The van der Waals surface area contributed by atoms with Gasteiger partial charge in [0.25, 0.3) is 0 Å². The van der Waals surface area contributed by atoms with Crippen molar-refractivity contribution in [1.82, 2.24) is 19.8 Å². The van der Waals surface area contributed by atoms with Crippen molar-refractivity contribution < 1.29 is 9.53 Å². The van der Waals surface area contributed by atoms with E-state index in [-0.39, 0.29) is 6.54 Å². The molecule has 3 aromatic rings. The fourth-order valence-corrected chi connectivity index (χ4v) is 3.17. The lowest BCUT2D eigenvalue weighted by Gasteiger charge is -2.05. The van der Waals surface area contributed by atoms with Gasteiger partial charge in [0.05, 0.1) is 4.47 Å². The quantitative estimate of drug-likeness (QED) is 0.483. The van der Waals surface area contributed by atoms with E-state index in [9.17, 15) is 9.59 Å². The second-order valence-corrected chi connectivity index (χ2v) is 6.55. The van der Waals surface area contributed by atoms with Gasteiger partial charge in [0.15, 0.2) is 0 Å². The maximum absolute atomic E-state index is 12.1. The number of esters is 1. The van der Waals surface area contributed by atoms with Gasteiger partial charge in [-0.2, -0.15) is 9.36 Å². The van der Waals surface area contributed by atoms with E-state index in [1.54, 1.807) is 30.3 Å². The summed E-state index contributed by atoms with van der Waals surface area (Å²) >= 11 is 10.4. The van der Waals surface area contributed by atoms with Crippen LogP contribution in [0, 0.1) is 0 Å². The van der Waals surface area contributed by atoms with Crippen LogP contribution in [-0.4, -0.2) is 25.8 Å². The summed E-state index contributed by atoms with van der Waals surface area (Å²) < 4.78 is 7.77. The van der Waals surface area contributed by atoms with Gasteiger partial charge in [-0.3, -0.25) is 0 Å². The Morgan fingerprint density at radius 3 is 2.87 bits per heavy atom. The number of halogens is 2. The summed E-state index contributed by atoms with van der Waals surface area (Å²) in [6.07, 6.45) is 0. The third-order valence-electron chi connectivity index (χ3n) is 2.75. The first-order chi connectivity index (χ1) is 11.0. The van der Waals surface area contributed by atoms with Gasteiger partial charge in [-0.25, -0.2) is 9.59 Å². The minimum absolute atomic E-state index is 0.304. The van der Waals surface area contributed by atoms with Crippen LogP contribution in [-0.2, 0) is 11.3 Å². The summed E-state index contributed by atoms with van der Waals surface area (Å²) in [5.74, 6) is -0.341. The Hall–Kier alpha value is -1.97. The molecule has 2 aromatic heterocycles. The second-order valence-electron chi connectivity index (χ2n) is 4.33. The lowest BCUT2D eigenvalue weighted by Crippen LogP contribution is -2.28. The molecule has 0 N–H and O–H groups in total. The molecule has 23 heavy (non-hydrogen) atoms. The lowest BCUT2D eigenvalue weighted by atomic mass is 10.3. The van der Waals surface area contributed by atoms with Crippen molar-refractivity contribution in [3.05, 3.63) is 55.7 Å². The molecule has 2 heterocycles. The zero-order valence-electron chi connectivity index (χ0n) is 11.3. The third kappa shape index (κ3) is 3.52. The summed E-state index contributed by atoms with van der Waals surface area (Å²) in [5.41, 5.74) is -0.514. The molecule has 0 saturated carbocycles. The first-order valence-electron chi connectivity index (χ1n) is 6.27. The van der Waals surface area contributed by atoms with Gasteiger partial charge in [-0.1, -0.05) is 11.6 Å². The normalized spacial score (nSPS) is 10.7. The van der Waals surface area contributed by atoms with E-state index >= 15 is 0 Å². The van der Waals surface area contributed by atoms with Crippen molar-refractivity contribution in [2.45, 2.75) is 6.54 Å². The van der Waals surface area contributed by atoms with E-state index in [0.717, 1.165) is 9.36 Å². The number of aromatic nitrogens is 4. The maximum atomic E-state index is 12.1. The van der Waals surface area contributed by atoms with Crippen LogP contribution in [0.3, 0.4) is 0 Å². The Morgan fingerprint density at radius 2 is 2.17 bits per heavy atom. The molecule has 0 fully saturated rings. The fourth-order valence-electron chi connectivity index (χ4n) is 1.74. The second kappa shape index (κ2) is 6.65. The van der Waals surface area contributed by atoms with Crippen LogP contribution in [0.15, 0.2) is 45.0 Å². The molecule has 0 spiro atoms. The van der Waals surface area contributed by atoms with Crippen molar-refractivity contribution in [1.29, 1.82) is 0 Å². The Morgan fingerprint density at radius 1 is 1.35 bits per heavy atom. The first-order valence-corrected chi connectivity index (χ1v) is 8.32. The van der Waals surface area contributed by atoms with Gasteiger partial charge in [-0.15, -0.1) is 11.3 Å². The molecule has 3 rings (SSSR count). The average molecular weight is 416 g/mol. The van der Waals surface area contributed by atoms with Gasteiger partial charge in [0, 0.05) is 5.02 Å². The Kier molecular flexibility index (Phi) is 4.60. The zero-order valence-corrected chi connectivity index (χ0v) is 14.5. The zero-order chi connectivity index (χ0) is 16.4. The van der Waals surface area contributed by atoms with Crippen molar-refractivity contribution >= 4 is 44.8 Å². The minimum Gasteiger partial charge on any atom is -0.424 e. The lowest BCUT2D eigenvalue weighted by molar-refractivity contribution is -0.135. The van der Waals surface area contributed by atoms with Crippen LogP contribution in [0.2, 0.25) is 5.02 Å². The van der Waals surface area contributed by atoms with Crippen LogP contribution in [0.5, 0.6) is 5.75 Å². The standard InChI is InChI=1S/C13H8BrClN4O3S/c14-9-6-8(15)3-4-10(9)22-12(20)7-18-13(21)19(17-16-18)11-2-1-5-23-11/h1-6H,7H2. The van der Waals surface area contributed by atoms with E-state index in [0.29, 0.717) is 20.2 Å². The number of nitrogens with zero attached hydrogens (tertiary/aromatic N) is 4. The van der Waals surface area contributed by atoms with Crippen molar-refractivity contribution in [2.75, 3.05) is 0 Å². The molecule has 0 aliphatic heterocycles. The Balaban J connectivity index is 1.75. The molecule has 0 unspecified atom stereocenters. The van der Waals surface area contributed by atoms with Gasteiger partial charge in [-0.05, 0) is 62.1 Å². The van der Waals surface area contributed by atoms with Crippen molar-refractivity contribution in [3.63, 3.8) is 0 Å². The van der Waals surface area contributed by atoms with Crippen LogP contribution >= 0.6 is 38.9 Å². The van der Waals surface area contributed by atoms with E-state index < -0.39 is 11.7 Å². The van der Waals surface area contributed by atoms with Gasteiger partial charge >= 0.3 is 11.7 Å². The predicted octanol–water partition coefficient (Wildman–Crippen LogP) is 2.51. The molecule has 7 nitrogen and oxygen atoms in total. The monoisotopic (exact) mass is 414 g/mol. The largest absolute Gasteiger partial charge is 0.424 e. The Labute approximate surface area is 147 Å². The number of tetrazole rings is 1. The topological polar surface area (TPSA) is 79.0 Å². The van der Waals surface area contributed by atoms with Crippen LogP contribution in [0.25, 0.3) is 5.00 Å². The summed E-state index contributed by atoms with van der Waals surface area (Å²) in [7, 11) is 0. The molecule has 0 radical (unpaired) electrons. The number of thiophene rings is 1. The van der Waals surface area contributed by atoms with Gasteiger partial charge in [0.1, 0.15) is 17.3 Å². The number of carbonyl (C=O) groups is 1. The van der Waals surface area contributed by atoms with E-state index in [4.69, 9.17) is 16.3 Å². The molecular weight excluding hydrogens is 408 g/mol. The molecule has 0 bridgehead atoms. The minimum atomic E-state index is -0.645. The summed E-state index contributed by atoms with van der Waals surface area (Å²) in [6.45, 7) is -0.348. The highest BCUT2D eigenvalue weighted by Crippen LogP contribution is 2.28. The number of carbonyl (C=O) groups excluding carboxylic acids is 1. The average Bonchev–Trinajstić information content (AvgIpc) is 3.13. The summed E-state index contributed by atoms with van der Waals surface area (Å²) in [5, 5.41) is 10.4. The van der Waals surface area contributed by atoms with Gasteiger partial charge in [0.2, 0.25) is 0 Å². The SMILES string of the molecule is O=C(Cn1nnn(-c2cccs2)c1=O)Oc1ccc(Cl)cc1Br. The molecule has 0 amide bonds. The number of hydrogen-bond donors (Lipinski definition) is 0. The molecular formula is C13H8BrClN4O3S. The number of rotatable bonds is 4. The molecule has 0 saturated heterocycles. The van der Waals surface area contributed by atoms with Crippen LogP contribution in [0.4, 0.5) is 0 Å². The highest BCUT2D eigenvalue weighted by atomic mass is 79.9. The molecule has 118 valence electrons. The number of ether oxygens (including phenoxy) is 1. The molecule has 0 atom stereocenters. The first kappa shape index (κ1) is 15.9. The van der Waals surface area contributed by atoms with Crippen LogP contribution in [0.1, 0.15) is 0 Å². The fraction of sp³-hybridized carbons (Fsp3) is 0.0769. The van der Waals surface area contributed by atoms with Crippen LogP contribution < -0.4 is 10.4 Å². The Bertz CT molecular complexity index is 906. The number of benzene rings is 1. The van der Waals surface area contributed by atoms with E-state index in [1.165, 1.54) is 11.3 Å². The predicted molar refractivity (Wildman–Crippen MR) is 88.3 cm³/mol. The van der Waals surface area contributed by atoms with Crippen molar-refractivity contribution in [2.24, 2.45) is 0 Å². The smallest absolute Gasteiger partial charge is 0.369 e.